The fraction of sp³-hybridized carbons (Fsp3) is 0.278. The summed E-state index contributed by atoms with van der Waals surface area (Å²) in [5, 5.41) is 5.34. The summed E-state index contributed by atoms with van der Waals surface area (Å²) in [4.78, 5) is 12.2. The number of hydrazone groups is 1. The lowest BCUT2D eigenvalue weighted by Crippen LogP contribution is -2.07. The van der Waals surface area contributed by atoms with Gasteiger partial charge in [0.25, 0.3) is 0 Å². The summed E-state index contributed by atoms with van der Waals surface area (Å²) in [5.41, 5.74) is 4.20. The second-order valence-electron chi connectivity index (χ2n) is 6.44. The molecule has 0 radical (unpaired) electrons. The molecule has 0 unspecified atom stereocenters. The molecular weight excluding hydrogens is 336 g/mol. The second kappa shape index (κ2) is 6.91. The van der Waals surface area contributed by atoms with E-state index in [-0.39, 0.29) is 5.41 Å². The summed E-state index contributed by atoms with van der Waals surface area (Å²) >= 11 is 3.43. The van der Waals surface area contributed by atoms with Gasteiger partial charge >= 0.3 is 0 Å². The molecule has 6 heteroatoms. The van der Waals surface area contributed by atoms with E-state index < -0.39 is 0 Å². The van der Waals surface area contributed by atoms with Crippen molar-refractivity contribution in [3.05, 3.63) is 47.1 Å². The minimum atomic E-state index is 0.102. The monoisotopic (exact) mass is 356 g/mol. The first-order chi connectivity index (χ1) is 11.5. The number of benzene rings is 1. The topological polar surface area (TPSA) is 50.2 Å². The highest BCUT2D eigenvalue weighted by Gasteiger charge is 2.18. The Bertz CT molecular complexity index is 861. The predicted octanol–water partition coefficient (Wildman–Crippen LogP) is 5.16. The molecule has 3 aromatic rings. The third-order valence-electron chi connectivity index (χ3n) is 3.57. The van der Waals surface area contributed by atoms with E-state index in [1.807, 2.05) is 0 Å². The van der Waals surface area contributed by atoms with Crippen molar-refractivity contribution in [3.63, 3.8) is 0 Å². The summed E-state index contributed by atoms with van der Waals surface area (Å²) < 4.78 is 0. The Balaban J connectivity index is 1.81. The third-order valence-corrected chi connectivity index (χ3v) is 5.78. The van der Waals surface area contributed by atoms with Crippen LogP contribution in [0.1, 0.15) is 31.2 Å². The van der Waals surface area contributed by atoms with Crippen LogP contribution in [0, 0.1) is 0 Å². The molecule has 2 heterocycles. The van der Waals surface area contributed by atoms with Gasteiger partial charge in [0.15, 0.2) is 5.82 Å². The fourth-order valence-corrected chi connectivity index (χ4v) is 3.64. The van der Waals surface area contributed by atoms with E-state index in [1.54, 1.807) is 35.6 Å². The molecule has 0 spiro atoms. The number of rotatable bonds is 4. The molecule has 0 fully saturated rings. The van der Waals surface area contributed by atoms with Crippen molar-refractivity contribution in [2.24, 2.45) is 5.10 Å². The Hall–Kier alpha value is -1.92. The lowest BCUT2D eigenvalue weighted by molar-refractivity contribution is 0.604. The molecule has 0 bridgehead atoms. The third kappa shape index (κ3) is 3.76. The van der Waals surface area contributed by atoms with Gasteiger partial charge in [-0.15, -0.1) is 23.1 Å². The number of nitrogens with zero attached hydrogens (tertiary/aromatic N) is 3. The maximum atomic E-state index is 4.37. The SMILES string of the molecule is CSc1ccc(C=NNc2ncnc3sc(C(C)(C)C)cc23)cc1. The quantitative estimate of drug-likeness (QED) is 0.399. The maximum absolute atomic E-state index is 4.37. The lowest BCUT2D eigenvalue weighted by Gasteiger charge is -2.14. The van der Waals surface area contributed by atoms with Crippen LogP contribution in [0.25, 0.3) is 10.2 Å². The zero-order valence-corrected chi connectivity index (χ0v) is 15.8. The van der Waals surface area contributed by atoms with E-state index in [2.05, 4.69) is 77.9 Å². The number of thiophene rings is 1. The number of fused-ring (bicyclic) bond motifs is 1. The molecule has 0 saturated carbocycles. The van der Waals surface area contributed by atoms with Gasteiger partial charge in [-0.05, 0) is 35.4 Å². The fourth-order valence-electron chi connectivity index (χ4n) is 2.17. The molecule has 0 aliphatic carbocycles. The van der Waals surface area contributed by atoms with Crippen molar-refractivity contribution in [3.8, 4) is 0 Å². The first-order valence-electron chi connectivity index (χ1n) is 7.65. The van der Waals surface area contributed by atoms with Crippen molar-refractivity contribution in [2.75, 3.05) is 11.7 Å². The van der Waals surface area contributed by atoms with Gasteiger partial charge in [0.2, 0.25) is 0 Å². The molecule has 0 saturated heterocycles. The zero-order chi connectivity index (χ0) is 17.2. The molecule has 124 valence electrons. The van der Waals surface area contributed by atoms with Gasteiger partial charge in [-0.2, -0.15) is 5.10 Å². The number of thioether (sulfide) groups is 1. The summed E-state index contributed by atoms with van der Waals surface area (Å²) in [6.45, 7) is 6.61. The average molecular weight is 357 g/mol. The molecule has 1 N–H and O–H groups in total. The highest BCUT2D eigenvalue weighted by Crippen LogP contribution is 2.35. The molecule has 1 aromatic carbocycles. The van der Waals surface area contributed by atoms with Gasteiger partial charge in [-0.1, -0.05) is 32.9 Å². The van der Waals surface area contributed by atoms with Crippen molar-refractivity contribution in [2.45, 2.75) is 31.1 Å². The first-order valence-corrected chi connectivity index (χ1v) is 9.69. The van der Waals surface area contributed by atoms with Gasteiger partial charge in [0, 0.05) is 9.77 Å². The van der Waals surface area contributed by atoms with Gasteiger partial charge in [-0.3, -0.25) is 5.43 Å². The van der Waals surface area contributed by atoms with E-state index >= 15 is 0 Å². The van der Waals surface area contributed by atoms with Crippen molar-refractivity contribution in [1.82, 2.24) is 9.97 Å². The Kier molecular flexibility index (Phi) is 4.87. The molecule has 24 heavy (non-hydrogen) atoms. The molecule has 0 atom stereocenters. The van der Waals surface area contributed by atoms with Gasteiger partial charge in [0.05, 0.1) is 11.6 Å². The summed E-state index contributed by atoms with van der Waals surface area (Å²) in [5.74, 6) is 0.740. The van der Waals surface area contributed by atoms with Crippen LogP contribution in [-0.4, -0.2) is 22.4 Å². The van der Waals surface area contributed by atoms with Crippen LogP contribution in [0.2, 0.25) is 0 Å². The Morgan fingerprint density at radius 1 is 1.17 bits per heavy atom. The van der Waals surface area contributed by atoms with E-state index in [0.29, 0.717) is 0 Å². The Morgan fingerprint density at radius 3 is 2.58 bits per heavy atom. The molecule has 0 aliphatic rings. The zero-order valence-electron chi connectivity index (χ0n) is 14.2. The normalized spacial score (nSPS) is 12.2. The van der Waals surface area contributed by atoms with Crippen molar-refractivity contribution in [1.29, 1.82) is 0 Å². The van der Waals surface area contributed by atoms with Crippen molar-refractivity contribution < 1.29 is 0 Å². The molecule has 0 amide bonds. The molecule has 4 nitrogen and oxygen atoms in total. The lowest BCUT2D eigenvalue weighted by atomic mass is 9.94. The maximum Gasteiger partial charge on any atom is 0.158 e. The Labute approximate surface area is 150 Å². The highest BCUT2D eigenvalue weighted by atomic mass is 32.2. The van der Waals surface area contributed by atoms with E-state index in [4.69, 9.17) is 0 Å². The standard InChI is InChI=1S/C18H20N4S2/c1-18(2,3)15-9-14-16(19-11-20-17(14)24-15)22-21-10-12-5-7-13(23-4)8-6-12/h5-11H,1-4H3,(H,19,20,22). The summed E-state index contributed by atoms with van der Waals surface area (Å²) in [7, 11) is 0. The van der Waals surface area contributed by atoms with Gasteiger partial charge in [0.1, 0.15) is 11.2 Å². The summed E-state index contributed by atoms with van der Waals surface area (Å²) in [6.07, 6.45) is 5.45. The van der Waals surface area contributed by atoms with Crippen LogP contribution in [0.5, 0.6) is 0 Å². The van der Waals surface area contributed by atoms with Crippen LogP contribution in [0.4, 0.5) is 5.82 Å². The van der Waals surface area contributed by atoms with E-state index in [1.165, 1.54) is 9.77 Å². The highest BCUT2D eigenvalue weighted by molar-refractivity contribution is 7.98. The van der Waals surface area contributed by atoms with E-state index in [0.717, 1.165) is 21.6 Å². The smallest absolute Gasteiger partial charge is 0.158 e. The van der Waals surface area contributed by atoms with E-state index in [9.17, 15) is 0 Å². The molecular formula is C18H20N4S2. The largest absolute Gasteiger partial charge is 0.261 e. The van der Waals surface area contributed by atoms with Crippen LogP contribution in [0.3, 0.4) is 0 Å². The van der Waals surface area contributed by atoms with Crippen molar-refractivity contribution >= 4 is 45.3 Å². The average Bonchev–Trinajstić information content (AvgIpc) is 3.01. The first kappa shape index (κ1) is 16.9. The number of nitrogens with one attached hydrogen (secondary N) is 1. The van der Waals surface area contributed by atoms with Gasteiger partial charge < -0.3 is 0 Å². The minimum absolute atomic E-state index is 0.102. The predicted molar refractivity (Wildman–Crippen MR) is 106 cm³/mol. The Morgan fingerprint density at radius 2 is 1.92 bits per heavy atom. The minimum Gasteiger partial charge on any atom is -0.261 e. The number of hydrogen-bond donors (Lipinski definition) is 1. The van der Waals surface area contributed by atoms with Crippen LogP contribution < -0.4 is 5.43 Å². The molecule has 3 rings (SSSR count). The second-order valence-corrected chi connectivity index (χ2v) is 8.36. The molecule has 0 aliphatic heterocycles. The number of anilines is 1. The van der Waals surface area contributed by atoms with Crippen LogP contribution in [0.15, 0.2) is 46.7 Å². The van der Waals surface area contributed by atoms with Crippen LogP contribution >= 0.6 is 23.1 Å². The number of aromatic nitrogens is 2. The summed E-state index contributed by atoms with van der Waals surface area (Å²) in [6, 6.07) is 10.4. The molecule has 2 aromatic heterocycles. The number of hydrogen-bond acceptors (Lipinski definition) is 6. The van der Waals surface area contributed by atoms with Crippen LogP contribution in [-0.2, 0) is 5.41 Å². The van der Waals surface area contributed by atoms with Gasteiger partial charge in [-0.25, -0.2) is 9.97 Å².